The summed E-state index contributed by atoms with van der Waals surface area (Å²) in [6.45, 7) is -0.0524. The number of nitrogens with one attached hydrogen (secondary N) is 2. The number of anilines is 1. The summed E-state index contributed by atoms with van der Waals surface area (Å²) in [6.07, 6.45) is 0.707. The Balaban J connectivity index is 1.23. The highest BCUT2D eigenvalue weighted by Gasteiger charge is 2.26. The molecule has 9 heteroatoms. The van der Waals surface area contributed by atoms with E-state index in [0.29, 0.717) is 28.7 Å². The van der Waals surface area contributed by atoms with Crippen LogP contribution in [0.3, 0.4) is 0 Å². The Hall–Kier alpha value is -4.53. The van der Waals surface area contributed by atoms with Crippen molar-refractivity contribution < 1.29 is 28.5 Å². The fraction of sp³-hybridized carbons (Fsp3) is 0.160. The minimum Gasteiger partial charge on any atom is -0.495 e. The third-order valence-corrected chi connectivity index (χ3v) is 4.82. The van der Waals surface area contributed by atoms with Crippen LogP contribution < -0.4 is 29.7 Å². The number of hydrogen-bond acceptors (Lipinski definition) is 7. The molecule has 0 aliphatic carbocycles. The van der Waals surface area contributed by atoms with E-state index in [-0.39, 0.29) is 19.1 Å². The number of hydrogen-bond donors (Lipinski definition) is 2. The highest BCUT2D eigenvalue weighted by atomic mass is 16.6. The first-order valence-corrected chi connectivity index (χ1v) is 10.5. The van der Waals surface area contributed by atoms with Gasteiger partial charge in [-0.25, -0.2) is 5.43 Å². The van der Waals surface area contributed by atoms with Gasteiger partial charge in [0.1, 0.15) is 18.1 Å². The van der Waals surface area contributed by atoms with Gasteiger partial charge in [-0.2, -0.15) is 5.10 Å². The van der Waals surface area contributed by atoms with Crippen LogP contribution in [-0.2, 0) is 9.59 Å². The Labute approximate surface area is 196 Å². The minimum absolute atomic E-state index is 0.106. The number of carbonyl (C=O) groups is 2. The quantitative estimate of drug-likeness (QED) is 0.395. The molecule has 3 aromatic carbocycles. The predicted molar refractivity (Wildman–Crippen MR) is 126 cm³/mol. The third kappa shape index (κ3) is 5.83. The highest BCUT2D eigenvalue weighted by molar-refractivity contribution is 5.93. The molecule has 0 bridgehead atoms. The molecule has 1 aliphatic rings. The van der Waals surface area contributed by atoms with Crippen LogP contribution in [0, 0.1) is 0 Å². The van der Waals surface area contributed by atoms with Crippen LogP contribution in [-0.4, -0.2) is 44.5 Å². The number of benzene rings is 3. The topological polar surface area (TPSA) is 107 Å². The maximum absolute atomic E-state index is 12.3. The van der Waals surface area contributed by atoms with E-state index in [1.807, 2.05) is 12.1 Å². The third-order valence-electron chi connectivity index (χ3n) is 4.82. The summed E-state index contributed by atoms with van der Waals surface area (Å²) in [7, 11) is 1.54. The van der Waals surface area contributed by atoms with Gasteiger partial charge in [-0.3, -0.25) is 9.59 Å². The zero-order valence-corrected chi connectivity index (χ0v) is 18.4. The zero-order chi connectivity index (χ0) is 23.8. The molecule has 1 atom stereocenters. The smallest absolute Gasteiger partial charge is 0.284 e. The molecular formula is C25H23N3O6. The summed E-state index contributed by atoms with van der Waals surface area (Å²) in [5, 5.41) is 6.71. The number of fused-ring (bicyclic) bond motifs is 1. The lowest BCUT2D eigenvalue weighted by Crippen LogP contribution is -2.42. The van der Waals surface area contributed by atoms with E-state index in [1.165, 1.54) is 13.3 Å². The average Bonchev–Trinajstić information content (AvgIpc) is 2.88. The van der Waals surface area contributed by atoms with Crippen molar-refractivity contribution >= 4 is 23.7 Å². The monoisotopic (exact) mass is 461 g/mol. The van der Waals surface area contributed by atoms with Crippen LogP contribution in [0.5, 0.6) is 23.0 Å². The van der Waals surface area contributed by atoms with Crippen LogP contribution in [0.25, 0.3) is 0 Å². The summed E-state index contributed by atoms with van der Waals surface area (Å²) in [5.74, 6) is 1.49. The molecule has 0 spiro atoms. The Morgan fingerprint density at radius 1 is 1.03 bits per heavy atom. The van der Waals surface area contributed by atoms with Gasteiger partial charge in [0, 0.05) is 0 Å². The molecule has 3 aromatic rings. The summed E-state index contributed by atoms with van der Waals surface area (Å²) in [4.78, 5) is 24.4. The summed E-state index contributed by atoms with van der Waals surface area (Å²) < 4.78 is 21.9. The van der Waals surface area contributed by atoms with Gasteiger partial charge in [-0.1, -0.05) is 24.3 Å². The van der Waals surface area contributed by atoms with Gasteiger partial charge in [0.2, 0.25) is 6.10 Å². The van der Waals surface area contributed by atoms with Crippen molar-refractivity contribution in [3.63, 3.8) is 0 Å². The summed E-state index contributed by atoms with van der Waals surface area (Å²) >= 11 is 0. The Morgan fingerprint density at radius 2 is 1.76 bits per heavy atom. The molecule has 0 saturated heterocycles. The number of para-hydroxylation sites is 4. The Kier molecular flexibility index (Phi) is 7.24. The van der Waals surface area contributed by atoms with Crippen molar-refractivity contribution in [2.75, 3.05) is 25.6 Å². The molecule has 34 heavy (non-hydrogen) atoms. The fourth-order valence-corrected chi connectivity index (χ4v) is 3.12. The van der Waals surface area contributed by atoms with Gasteiger partial charge < -0.3 is 24.3 Å². The van der Waals surface area contributed by atoms with Gasteiger partial charge in [-0.15, -0.1) is 0 Å². The number of ether oxygens (including phenoxy) is 4. The Morgan fingerprint density at radius 3 is 2.56 bits per heavy atom. The van der Waals surface area contributed by atoms with Gasteiger partial charge >= 0.3 is 0 Å². The fourth-order valence-electron chi connectivity index (χ4n) is 3.12. The maximum atomic E-state index is 12.3. The van der Waals surface area contributed by atoms with E-state index < -0.39 is 12.0 Å². The maximum Gasteiger partial charge on any atom is 0.284 e. The molecule has 1 aliphatic heterocycles. The molecule has 2 N–H and O–H groups in total. The largest absolute Gasteiger partial charge is 0.495 e. The average molecular weight is 461 g/mol. The molecule has 0 aromatic heterocycles. The van der Waals surface area contributed by atoms with Crippen molar-refractivity contribution in [2.45, 2.75) is 6.10 Å². The first-order valence-electron chi connectivity index (χ1n) is 10.5. The van der Waals surface area contributed by atoms with Crippen molar-refractivity contribution in [2.24, 2.45) is 5.10 Å². The van der Waals surface area contributed by atoms with Gasteiger partial charge in [-0.05, 0) is 54.1 Å². The molecular weight excluding hydrogens is 438 g/mol. The molecule has 174 valence electrons. The van der Waals surface area contributed by atoms with Crippen molar-refractivity contribution in [3.8, 4) is 23.0 Å². The van der Waals surface area contributed by atoms with Crippen LogP contribution in [0.4, 0.5) is 5.69 Å². The highest BCUT2D eigenvalue weighted by Crippen LogP contribution is 2.30. The molecule has 0 saturated carbocycles. The normalized spacial score (nSPS) is 14.3. The Bertz CT molecular complexity index is 1180. The van der Waals surface area contributed by atoms with E-state index in [4.69, 9.17) is 18.9 Å². The lowest BCUT2D eigenvalue weighted by atomic mass is 10.2. The van der Waals surface area contributed by atoms with Crippen LogP contribution in [0.2, 0.25) is 0 Å². The molecule has 9 nitrogen and oxygen atoms in total. The van der Waals surface area contributed by atoms with Crippen LogP contribution in [0.15, 0.2) is 77.9 Å². The molecule has 2 amide bonds. The van der Waals surface area contributed by atoms with E-state index in [9.17, 15) is 9.59 Å². The molecule has 0 fully saturated rings. The van der Waals surface area contributed by atoms with Crippen LogP contribution in [0.1, 0.15) is 5.56 Å². The van der Waals surface area contributed by atoms with Crippen molar-refractivity contribution in [1.82, 2.24) is 5.43 Å². The summed E-state index contributed by atoms with van der Waals surface area (Å²) in [5.41, 5.74) is 3.75. The molecule has 4 rings (SSSR count). The molecule has 1 heterocycles. The second kappa shape index (κ2) is 10.9. The van der Waals surface area contributed by atoms with Crippen molar-refractivity contribution in [1.29, 1.82) is 0 Å². The first-order chi connectivity index (χ1) is 16.6. The van der Waals surface area contributed by atoms with Gasteiger partial charge in [0.25, 0.3) is 11.8 Å². The number of methoxy groups -OCH3 is 1. The molecule has 0 radical (unpaired) electrons. The second-order valence-electron chi connectivity index (χ2n) is 7.20. The van der Waals surface area contributed by atoms with Gasteiger partial charge in [0.15, 0.2) is 18.1 Å². The predicted octanol–water partition coefficient (Wildman–Crippen LogP) is 3.00. The van der Waals surface area contributed by atoms with E-state index >= 15 is 0 Å². The second-order valence-corrected chi connectivity index (χ2v) is 7.20. The van der Waals surface area contributed by atoms with E-state index in [2.05, 4.69) is 15.8 Å². The summed E-state index contributed by atoms with van der Waals surface area (Å²) in [6, 6.07) is 21.2. The number of rotatable bonds is 8. The lowest BCUT2D eigenvalue weighted by molar-refractivity contribution is -0.130. The number of hydrazone groups is 1. The van der Waals surface area contributed by atoms with E-state index in [1.54, 1.807) is 60.7 Å². The SMILES string of the molecule is COc1ccccc1NC(=O)COc1ccc(/C=N\NC(=O)[C@H]2COc3ccccc3O2)cc1. The minimum atomic E-state index is -0.787. The van der Waals surface area contributed by atoms with E-state index in [0.717, 1.165) is 5.56 Å². The standard InChI is InChI=1S/C25H23N3O6/c1-31-20-7-3-2-6-19(20)27-24(29)16-32-18-12-10-17(11-13-18)14-26-28-25(30)23-15-33-21-8-4-5-9-22(21)34-23/h2-14,23H,15-16H2,1H3,(H,27,29)(H,28,30)/b26-14-/t23-/m1/s1. The number of carbonyl (C=O) groups excluding carboxylic acids is 2. The number of nitrogens with zero attached hydrogens (tertiary/aromatic N) is 1. The lowest BCUT2D eigenvalue weighted by Gasteiger charge is -2.24. The van der Waals surface area contributed by atoms with Crippen molar-refractivity contribution in [3.05, 3.63) is 78.4 Å². The van der Waals surface area contributed by atoms with Crippen LogP contribution >= 0.6 is 0 Å². The molecule has 0 unspecified atom stereocenters. The first kappa shape index (κ1) is 22.7. The number of amides is 2. The van der Waals surface area contributed by atoms with Gasteiger partial charge in [0.05, 0.1) is 19.0 Å². The zero-order valence-electron chi connectivity index (χ0n) is 18.4.